The normalized spacial score (nSPS) is 11.1. The Bertz CT molecular complexity index is 385. The highest BCUT2D eigenvalue weighted by atomic mass is 16.3. The molecular formula is C13H15NO2. The van der Waals surface area contributed by atoms with E-state index in [9.17, 15) is 4.79 Å². The first-order chi connectivity index (χ1) is 7.76. The fourth-order valence-corrected chi connectivity index (χ4v) is 1.15. The van der Waals surface area contributed by atoms with E-state index >= 15 is 0 Å². The highest BCUT2D eigenvalue weighted by Gasteiger charge is 2.05. The molecule has 0 aliphatic rings. The van der Waals surface area contributed by atoms with E-state index in [1.165, 1.54) is 0 Å². The molecule has 2 N–H and O–H groups in total. The molecule has 0 aliphatic heterocycles. The van der Waals surface area contributed by atoms with Crippen molar-refractivity contribution < 1.29 is 9.90 Å². The lowest BCUT2D eigenvalue weighted by Crippen LogP contribution is -2.36. The Morgan fingerprint density at radius 3 is 2.69 bits per heavy atom. The fraction of sp³-hybridized carbons (Fsp3) is 0.308. The number of amides is 1. The van der Waals surface area contributed by atoms with Gasteiger partial charge >= 0.3 is 0 Å². The third-order valence-corrected chi connectivity index (χ3v) is 2.14. The summed E-state index contributed by atoms with van der Waals surface area (Å²) in [5.41, 5.74) is 0.801. The van der Waals surface area contributed by atoms with Gasteiger partial charge in [0, 0.05) is 11.5 Å². The van der Waals surface area contributed by atoms with Gasteiger partial charge in [0.2, 0.25) is 0 Å². The SMILES string of the molecule is CC[C@@H](CO)NC(=O)C#Cc1ccccc1. The summed E-state index contributed by atoms with van der Waals surface area (Å²) < 4.78 is 0. The van der Waals surface area contributed by atoms with Crippen LogP contribution in [0.25, 0.3) is 0 Å². The van der Waals surface area contributed by atoms with E-state index < -0.39 is 0 Å². The number of hydrogen-bond acceptors (Lipinski definition) is 2. The quantitative estimate of drug-likeness (QED) is 0.740. The van der Waals surface area contributed by atoms with E-state index in [0.29, 0.717) is 6.42 Å². The summed E-state index contributed by atoms with van der Waals surface area (Å²) in [4.78, 5) is 11.3. The standard InChI is InChI=1S/C13H15NO2/c1-2-12(10-15)14-13(16)9-8-11-6-4-3-5-7-11/h3-7,12,15H,2,10H2,1H3,(H,14,16)/t12-/m0/s1. The largest absolute Gasteiger partial charge is 0.394 e. The second kappa shape index (κ2) is 6.65. The van der Waals surface area contributed by atoms with Gasteiger partial charge in [-0.25, -0.2) is 0 Å². The van der Waals surface area contributed by atoms with Crippen LogP contribution in [0.3, 0.4) is 0 Å². The van der Waals surface area contributed by atoms with Gasteiger partial charge in [0.1, 0.15) is 0 Å². The third kappa shape index (κ3) is 4.16. The van der Waals surface area contributed by atoms with Crippen molar-refractivity contribution in [2.45, 2.75) is 19.4 Å². The molecule has 1 rings (SSSR count). The van der Waals surface area contributed by atoms with Crippen molar-refractivity contribution in [1.29, 1.82) is 0 Å². The van der Waals surface area contributed by atoms with Crippen molar-refractivity contribution in [3.8, 4) is 11.8 Å². The summed E-state index contributed by atoms with van der Waals surface area (Å²) in [6.07, 6.45) is 0.690. The van der Waals surface area contributed by atoms with Gasteiger partial charge in [-0.15, -0.1) is 0 Å². The molecule has 3 heteroatoms. The van der Waals surface area contributed by atoms with Crippen LogP contribution in [-0.4, -0.2) is 23.7 Å². The van der Waals surface area contributed by atoms with Gasteiger partial charge in [-0.3, -0.25) is 4.79 Å². The summed E-state index contributed by atoms with van der Waals surface area (Å²) >= 11 is 0. The van der Waals surface area contributed by atoms with Crippen LogP contribution in [0, 0.1) is 11.8 Å². The lowest BCUT2D eigenvalue weighted by Gasteiger charge is -2.10. The van der Waals surface area contributed by atoms with Crippen molar-refractivity contribution >= 4 is 5.91 Å². The summed E-state index contributed by atoms with van der Waals surface area (Å²) in [6.45, 7) is 1.83. The molecule has 0 saturated carbocycles. The molecule has 0 fully saturated rings. The van der Waals surface area contributed by atoms with Gasteiger partial charge in [-0.1, -0.05) is 31.0 Å². The molecule has 16 heavy (non-hydrogen) atoms. The van der Waals surface area contributed by atoms with Crippen LogP contribution in [0.15, 0.2) is 30.3 Å². The van der Waals surface area contributed by atoms with Gasteiger partial charge < -0.3 is 10.4 Å². The number of carbonyl (C=O) groups excluding carboxylic acids is 1. The van der Waals surface area contributed by atoms with Crippen molar-refractivity contribution in [2.24, 2.45) is 0 Å². The topological polar surface area (TPSA) is 49.3 Å². The fourth-order valence-electron chi connectivity index (χ4n) is 1.15. The molecule has 1 amide bonds. The third-order valence-electron chi connectivity index (χ3n) is 2.14. The number of rotatable bonds is 3. The van der Waals surface area contributed by atoms with Crippen LogP contribution < -0.4 is 5.32 Å². The predicted octanol–water partition coefficient (Wildman–Crippen LogP) is 0.925. The van der Waals surface area contributed by atoms with Crippen LogP contribution in [0.1, 0.15) is 18.9 Å². The summed E-state index contributed by atoms with van der Waals surface area (Å²) in [5.74, 6) is 4.88. The Morgan fingerprint density at radius 1 is 1.44 bits per heavy atom. The van der Waals surface area contributed by atoms with E-state index in [4.69, 9.17) is 5.11 Å². The van der Waals surface area contributed by atoms with Crippen molar-refractivity contribution in [3.63, 3.8) is 0 Å². The molecule has 0 aromatic heterocycles. The van der Waals surface area contributed by atoms with Crippen molar-refractivity contribution in [1.82, 2.24) is 5.32 Å². The predicted molar refractivity (Wildman–Crippen MR) is 62.6 cm³/mol. The number of carbonyl (C=O) groups is 1. The Labute approximate surface area is 95.5 Å². The molecule has 3 nitrogen and oxygen atoms in total. The Kier molecular flexibility index (Phi) is 5.10. The molecule has 84 valence electrons. The summed E-state index contributed by atoms with van der Waals surface area (Å²) in [5, 5.41) is 11.5. The van der Waals surface area contributed by atoms with Gasteiger partial charge in [0.15, 0.2) is 0 Å². The lowest BCUT2D eigenvalue weighted by molar-refractivity contribution is -0.116. The number of hydrogen-bond donors (Lipinski definition) is 2. The molecule has 0 aliphatic carbocycles. The average Bonchev–Trinajstić information content (AvgIpc) is 2.34. The highest BCUT2D eigenvalue weighted by molar-refractivity contribution is 5.94. The molecule has 0 heterocycles. The maximum atomic E-state index is 11.3. The second-order valence-electron chi connectivity index (χ2n) is 3.38. The minimum atomic E-state index is -0.357. The first-order valence-corrected chi connectivity index (χ1v) is 5.24. The molecule has 1 aromatic rings. The summed E-state index contributed by atoms with van der Waals surface area (Å²) in [7, 11) is 0. The molecule has 0 radical (unpaired) electrons. The minimum absolute atomic E-state index is 0.0603. The van der Waals surface area contributed by atoms with Gasteiger partial charge in [0.25, 0.3) is 5.91 Å². The molecule has 0 bridgehead atoms. The van der Waals surface area contributed by atoms with E-state index in [2.05, 4.69) is 17.2 Å². The first kappa shape index (κ1) is 12.3. The van der Waals surface area contributed by atoms with E-state index in [1.54, 1.807) is 0 Å². The lowest BCUT2D eigenvalue weighted by atomic mass is 10.2. The highest BCUT2D eigenvalue weighted by Crippen LogP contribution is 1.94. The smallest absolute Gasteiger partial charge is 0.296 e. The van der Waals surface area contributed by atoms with Gasteiger partial charge in [-0.05, 0) is 18.6 Å². The minimum Gasteiger partial charge on any atom is -0.394 e. The molecule has 0 unspecified atom stereocenters. The van der Waals surface area contributed by atoms with Crippen molar-refractivity contribution in [2.75, 3.05) is 6.61 Å². The van der Waals surface area contributed by atoms with E-state index in [0.717, 1.165) is 5.56 Å². The van der Waals surface area contributed by atoms with Crippen LogP contribution in [0.5, 0.6) is 0 Å². The maximum absolute atomic E-state index is 11.3. The van der Waals surface area contributed by atoms with E-state index in [1.807, 2.05) is 37.3 Å². The van der Waals surface area contributed by atoms with Gasteiger partial charge in [0.05, 0.1) is 12.6 Å². The second-order valence-corrected chi connectivity index (χ2v) is 3.38. The zero-order valence-electron chi connectivity index (χ0n) is 9.23. The molecule has 1 atom stereocenters. The number of nitrogens with one attached hydrogen (secondary N) is 1. The molecular weight excluding hydrogens is 202 g/mol. The number of aliphatic hydroxyl groups excluding tert-OH is 1. The van der Waals surface area contributed by atoms with Gasteiger partial charge in [-0.2, -0.15) is 0 Å². The first-order valence-electron chi connectivity index (χ1n) is 5.24. The zero-order valence-corrected chi connectivity index (χ0v) is 9.23. The Hall–Kier alpha value is -1.79. The van der Waals surface area contributed by atoms with E-state index in [-0.39, 0.29) is 18.6 Å². The maximum Gasteiger partial charge on any atom is 0.296 e. The molecule has 0 saturated heterocycles. The molecule has 0 spiro atoms. The van der Waals surface area contributed by atoms with Crippen molar-refractivity contribution in [3.05, 3.63) is 35.9 Å². The van der Waals surface area contributed by atoms with Crippen LogP contribution in [0.4, 0.5) is 0 Å². The summed E-state index contributed by atoms with van der Waals surface area (Å²) in [6, 6.07) is 9.09. The van der Waals surface area contributed by atoms with Crippen LogP contribution >= 0.6 is 0 Å². The number of benzene rings is 1. The number of aliphatic hydroxyl groups is 1. The zero-order chi connectivity index (χ0) is 11.8. The Morgan fingerprint density at radius 2 is 2.12 bits per heavy atom. The monoisotopic (exact) mass is 217 g/mol. The Balaban J connectivity index is 2.55. The van der Waals surface area contributed by atoms with Crippen LogP contribution in [-0.2, 0) is 4.79 Å². The average molecular weight is 217 g/mol. The molecule has 1 aromatic carbocycles. The van der Waals surface area contributed by atoms with Crippen LogP contribution in [0.2, 0.25) is 0 Å².